The van der Waals surface area contributed by atoms with Crippen LogP contribution in [0.2, 0.25) is 0 Å². The van der Waals surface area contributed by atoms with E-state index in [1.165, 1.54) is 0 Å². The second kappa shape index (κ2) is 9.58. The lowest BCUT2D eigenvalue weighted by Gasteiger charge is -2.17. The van der Waals surface area contributed by atoms with Gasteiger partial charge in [0.15, 0.2) is 11.5 Å². The molecule has 2 aromatic carbocycles. The van der Waals surface area contributed by atoms with Gasteiger partial charge in [-0.15, -0.1) is 0 Å². The van der Waals surface area contributed by atoms with Crippen LogP contribution in [-0.2, 0) is 13.6 Å². The van der Waals surface area contributed by atoms with Crippen molar-refractivity contribution >= 4 is 13.2 Å². The van der Waals surface area contributed by atoms with Gasteiger partial charge in [0.25, 0.3) is 0 Å². The van der Waals surface area contributed by atoms with Gasteiger partial charge in [-0.05, 0) is 42.7 Å². The summed E-state index contributed by atoms with van der Waals surface area (Å²) in [5.41, 5.74) is 2.48. The molecule has 0 radical (unpaired) electrons. The molecule has 2 aromatic rings. The first kappa shape index (κ1) is 20.2. The molecule has 2 rings (SSSR count). The molecule has 0 bridgehead atoms. The van der Waals surface area contributed by atoms with Crippen molar-refractivity contribution in [3.63, 3.8) is 0 Å². The monoisotopic (exact) mass is 376 g/mol. The molecule has 0 saturated heterocycles. The molecule has 0 amide bonds. The summed E-state index contributed by atoms with van der Waals surface area (Å²) < 4.78 is 34.7. The first-order chi connectivity index (χ1) is 12.6. The molecule has 0 aliphatic rings. The average molecular weight is 376 g/mol. The van der Waals surface area contributed by atoms with E-state index in [-0.39, 0.29) is 0 Å². The predicted molar refractivity (Wildman–Crippen MR) is 104 cm³/mol. The highest BCUT2D eigenvalue weighted by molar-refractivity contribution is 7.57. The molecular formula is C20H25O5P. The van der Waals surface area contributed by atoms with Gasteiger partial charge in [-0.3, -0.25) is 4.57 Å². The Balaban J connectivity index is 2.62. The minimum absolute atomic E-state index is 0.293. The molecule has 6 heteroatoms. The molecule has 0 spiro atoms. The van der Waals surface area contributed by atoms with E-state index < -0.39 is 7.60 Å². The van der Waals surface area contributed by atoms with E-state index in [4.69, 9.17) is 18.5 Å². The van der Waals surface area contributed by atoms with Gasteiger partial charge in [0.1, 0.15) is 0 Å². The van der Waals surface area contributed by atoms with E-state index in [9.17, 15) is 4.57 Å². The highest BCUT2D eigenvalue weighted by atomic mass is 31.2. The molecule has 0 atom stereocenters. The van der Waals surface area contributed by atoms with Crippen LogP contribution in [-0.4, -0.2) is 27.4 Å². The van der Waals surface area contributed by atoms with Gasteiger partial charge < -0.3 is 18.5 Å². The van der Waals surface area contributed by atoms with Crippen LogP contribution in [0.5, 0.6) is 11.5 Å². The van der Waals surface area contributed by atoms with Crippen molar-refractivity contribution in [3.05, 3.63) is 65.5 Å². The van der Waals surface area contributed by atoms with Crippen molar-refractivity contribution < 1.29 is 23.1 Å². The zero-order valence-corrected chi connectivity index (χ0v) is 16.5. The summed E-state index contributed by atoms with van der Waals surface area (Å²) in [5, 5.41) is 0. The minimum Gasteiger partial charge on any atom is -0.493 e. The summed E-state index contributed by atoms with van der Waals surface area (Å²) in [6, 6.07) is 15.2. The SMILES string of the molecule is CCOP(=O)(/C=C(\c1ccccc1)c1ccc(OC)c(OC)c1)OCC. The maximum Gasteiger partial charge on any atom is 0.354 e. The summed E-state index contributed by atoms with van der Waals surface area (Å²) in [6.45, 7) is 4.17. The number of ether oxygens (including phenoxy) is 2. The number of hydrogen-bond donors (Lipinski definition) is 0. The van der Waals surface area contributed by atoms with Crippen LogP contribution in [0.3, 0.4) is 0 Å². The zero-order chi connectivity index (χ0) is 19.0. The Hall–Kier alpha value is -2.07. The Morgan fingerprint density at radius 2 is 1.50 bits per heavy atom. The molecule has 0 fully saturated rings. The van der Waals surface area contributed by atoms with Gasteiger partial charge in [-0.1, -0.05) is 36.4 Å². The largest absolute Gasteiger partial charge is 0.493 e. The quantitative estimate of drug-likeness (QED) is 0.552. The first-order valence-corrected chi connectivity index (χ1v) is 10.1. The lowest BCUT2D eigenvalue weighted by atomic mass is 9.99. The van der Waals surface area contributed by atoms with Crippen molar-refractivity contribution in [2.24, 2.45) is 0 Å². The third-order valence-corrected chi connectivity index (χ3v) is 5.50. The van der Waals surface area contributed by atoms with E-state index in [1.807, 2.05) is 48.5 Å². The van der Waals surface area contributed by atoms with Gasteiger partial charge >= 0.3 is 7.60 Å². The second-order valence-corrected chi connectivity index (χ2v) is 7.21. The van der Waals surface area contributed by atoms with Crippen molar-refractivity contribution in [1.29, 1.82) is 0 Å². The zero-order valence-electron chi connectivity index (χ0n) is 15.6. The van der Waals surface area contributed by atoms with Crippen molar-refractivity contribution in [1.82, 2.24) is 0 Å². The fourth-order valence-electron chi connectivity index (χ4n) is 2.57. The van der Waals surface area contributed by atoms with Gasteiger partial charge in [0.05, 0.1) is 27.4 Å². The highest BCUT2D eigenvalue weighted by Crippen LogP contribution is 2.52. The lowest BCUT2D eigenvalue weighted by Crippen LogP contribution is -1.97. The molecule has 0 unspecified atom stereocenters. The number of benzene rings is 2. The van der Waals surface area contributed by atoms with Crippen LogP contribution >= 0.6 is 7.60 Å². The molecule has 5 nitrogen and oxygen atoms in total. The molecular weight excluding hydrogens is 351 g/mol. The van der Waals surface area contributed by atoms with Gasteiger partial charge in [0.2, 0.25) is 0 Å². The van der Waals surface area contributed by atoms with Crippen LogP contribution in [0.4, 0.5) is 0 Å². The van der Waals surface area contributed by atoms with E-state index >= 15 is 0 Å². The van der Waals surface area contributed by atoms with E-state index in [0.29, 0.717) is 24.7 Å². The van der Waals surface area contributed by atoms with Gasteiger partial charge in [-0.25, -0.2) is 0 Å². The van der Waals surface area contributed by atoms with Crippen LogP contribution < -0.4 is 9.47 Å². The van der Waals surface area contributed by atoms with E-state index in [1.54, 1.807) is 33.9 Å². The fourth-order valence-corrected chi connectivity index (χ4v) is 4.12. The summed E-state index contributed by atoms with van der Waals surface area (Å²) in [4.78, 5) is 0. The van der Waals surface area contributed by atoms with E-state index in [2.05, 4.69) is 0 Å². The Morgan fingerprint density at radius 1 is 0.885 bits per heavy atom. The number of hydrogen-bond acceptors (Lipinski definition) is 5. The van der Waals surface area contributed by atoms with Gasteiger partial charge in [0, 0.05) is 5.82 Å². The molecule has 26 heavy (non-hydrogen) atoms. The third kappa shape index (κ3) is 4.98. The Bertz CT molecular complexity index is 776. The van der Waals surface area contributed by atoms with E-state index in [0.717, 1.165) is 16.7 Å². The molecule has 0 aliphatic heterocycles. The van der Waals surface area contributed by atoms with Crippen molar-refractivity contribution in [2.75, 3.05) is 27.4 Å². The highest BCUT2D eigenvalue weighted by Gasteiger charge is 2.23. The van der Waals surface area contributed by atoms with Gasteiger partial charge in [-0.2, -0.15) is 0 Å². The molecule has 140 valence electrons. The Labute approximate surface area is 155 Å². The smallest absolute Gasteiger partial charge is 0.354 e. The van der Waals surface area contributed by atoms with Crippen LogP contribution in [0, 0.1) is 0 Å². The molecule has 0 N–H and O–H groups in total. The molecule has 0 aromatic heterocycles. The third-order valence-electron chi connectivity index (χ3n) is 3.68. The fraction of sp³-hybridized carbons (Fsp3) is 0.300. The Kier molecular flexibility index (Phi) is 7.46. The topological polar surface area (TPSA) is 54.0 Å². The maximum absolute atomic E-state index is 13.1. The second-order valence-electron chi connectivity index (χ2n) is 5.35. The first-order valence-electron chi connectivity index (χ1n) is 8.46. The van der Waals surface area contributed by atoms with Crippen LogP contribution in [0.15, 0.2) is 54.3 Å². The standard InChI is InChI=1S/C20H25O5P/c1-5-24-26(21,25-6-2)15-18(16-10-8-7-9-11-16)17-12-13-19(22-3)20(14-17)23-4/h7-15H,5-6H2,1-4H3/b18-15+. The molecule has 0 heterocycles. The summed E-state index contributed by atoms with van der Waals surface area (Å²) in [6.07, 6.45) is 0. The number of methoxy groups -OCH3 is 2. The van der Waals surface area contributed by atoms with Crippen LogP contribution in [0.1, 0.15) is 25.0 Å². The summed E-state index contributed by atoms with van der Waals surface area (Å²) >= 11 is 0. The summed E-state index contributed by atoms with van der Waals surface area (Å²) in [7, 11) is -0.214. The van der Waals surface area contributed by atoms with Crippen molar-refractivity contribution in [3.8, 4) is 11.5 Å². The molecule has 0 saturated carbocycles. The molecule has 0 aliphatic carbocycles. The maximum atomic E-state index is 13.1. The lowest BCUT2D eigenvalue weighted by molar-refractivity contribution is 0.229. The summed E-state index contributed by atoms with van der Waals surface area (Å²) in [5.74, 6) is 2.80. The predicted octanol–water partition coefficient (Wildman–Crippen LogP) is 5.36. The normalized spacial score (nSPS) is 12.1. The van der Waals surface area contributed by atoms with Crippen LogP contribution in [0.25, 0.3) is 5.57 Å². The minimum atomic E-state index is -3.38. The average Bonchev–Trinajstić information content (AvgIpc) is 2.66. The Morgan fingerprint density at radius 3 is 2.04 bits per heavy atom. The van der Waals surface area contributed by atoms with Crippen molar-refractivity contribution in [2.45, 2.75) is 13.8 Å². The number of rotatable bonds is 9.